The Morgan fingerprint density at radius 3 is 1.98 bits per heavy atom. The minimum atomic E-state index is -4.67. The van der Waals surface area contributed by atoms with Crippen LogP contribution in [0, 0.1) is 17.1 Å². The zero-order valence-electron chi connectivity index (χ0n) is 29.9. The number of anilines is 1. The lowest BCUT2D eigenvalue weighted by Crippen LogP contribution is -2.43. The molecule has 1 unspecified atom stereocenters. The molecule has 4 aromatic carbocycles. The average molecular weight is 857 g/mol. The van der Waals surface area contributed by atoms with Crippen LogP contribution in [0.15, 0.2) is 83.1 Å². The molecule has 0 saturated heterocycles. The fourth-order valence-corrected chi connectivity index (χ4v) is 9.14. The number of carbonyl (C=O) groups excluding carboxylic acids is 3. The zero-order chi connectivity index (χ0) is 42.2. The van der Waals surface area contributed by atoms with Gasteiger partial charge in [-0.1, -0.05) is 6.07 Å². The number of amides is 3. The first-order valence-electron chi connectivity index (χ1n) is 16.8. The lowest BCUT2D eigenvalue weighted by molar-refractivity contribution is -0.117. The number of aromatic hydroxyl groups is 4. The van der Waals surface area contributed by atoms with E-state index < -0.39 is 70.4 Å². The number of halogens is 1. The number of benzene rings is 4. The molecule has 22 heteroatoms. The van der Waals surface area contributed by atoms with Crippen molar-refractivity contribution >= 4 is 62.5 Å². The highest BCUT2D eigenvalue weighted by molar-refractivity contribution is 7.92. The molecule has 5 aromatic rings. The third-order valence-electron chi connectivity index (χ3n) is 8.08. The van der Waals surface area contributed by atoms with Crippen LogP contribution in [0.1, 0.15) is 26.3 Å². The maximum absolute atomic E-state index is 13.9. The molecule has 0 bridgehead atoms. The van der Waals surface area contributed by atoms with Gasteiger partial charge in [-0.25, -0.2) is 17.4 Å². The number of carbonyl (C=O) groups is 3. The first-order valence-corrected chi connectivity index (χ1v) is 20.9. The molecule has 0 saturated carbocycles. The highest BCUT2D eigenvalue weighted by atomic mass is 32.2. The van der Waals surface area contributed by atoms with Crippen molar-refractivity contribution < 1.29 is 61.6 Å². The summed E-state index contributed by atoms with van der Waals surface area (Å²) < 4.78 is 59.7. The van der Waals surface area contributed by atoms with Crippen molar-refractivity contribution in [3.63, 3.8) is 0 Å². The first kappa shape index (κ1) is 42.9. The Labute approximate surface area is 333 Å². The van der Waals surface area contributed by atoms with Crippen molar-refractivity contribution in [3.8, 4) is 34.8 Å². The van der Waals surface area contributed by atoms with Crippen molar-refractivity contribution in [1.29, 1.82) is 5.26 Å². The molecule has 0 aliphatic heterocycles. The quantitative estimate of drug-likeness (QED) is 0.0479. The smallest absolute Gasteiger partial charge is 0.391 e. The number of phenolic OH excluding ortho intramolecular Hbond substituents is 4. The number of nitrogens with zero attached hydrogens (tertiary/aromatic N) is 2. The van der Waals surface area contributed by atoms with E-state index in [2.05, 4.69) is 16.0 Å². The minimum Gasteiger partial charge on any atom is -0.504 e. The van der Waals surface area contributed by atoms with Gasteiger partial charge in [0.05, 0.1) is 12.1 Å². The predicted molar refractivity (Wildman–Crippen MR) is 208 cm³/mol. The van der Waals surface area contributed by atoms with E-state index in [1.54, 1.807) is 17.0 Å². The second-order valence-electron chi connectivity index (χ2n) is 12.3. The van der Waals surface area contributed by atoms with Gasteiger partial charge in [-0.2, -0.15) is 9.98 Å². The Balaban J connectivity index is 1.21. The standard InChI is InChI=1S/C36H34FN6O12PS2/c37-27-17-26(6-2-24(27)18-38)55-56(51,52)20-41-58(53,54)34-15-21-1-5-25(16-32(21)57-34)42-33(48)19-43(11-9-39-35(49)22-3-7-28(44)30(46)13-22)12-10-40-36(50)23-4-8-29(45)31(47)14-23/h1-8,13-17,41,44-47H,9-12,19-20H2,(H,39,49)(H,40,50)(H,42,48)(H,51,52). The van der Waals surface area contributed by atoms with E-state index in [0.717, 1.165) is 53.8 Å². The predicted octanol–water partition coefficient (Wildman–Crippen LogP) is 3.34. The van der Waals surface area contributed by atoms with Crippen LogP contribution in [-0.4, -0.2) is 95.4 Å². The summed E-state index contributed by atoms with van der Waals surface area (Å²) >= 11 is 0.803. The Bertz CT molecular complexity index is 2510. The summed E-state index contributed by atoms with van der Waals surface area (Å²) in [5.41, 5.74) is 0.109. The number of nitriles is 1. The normalized spacial score (nSPS) is 12.4. The Morgan fingerprint density at radius 2 is 1.43 bits per heavy atom. The van der Waals surface area contributed by atoms with Crippen LogP contribution in [0.2, 0.25) is 0 Å². The van der Waals surface area contributed by atoms with E-state index in [9.17, 15) is 57.1 Å². The molecule has 0 spiro atoms. The van der Waals surface area contributed by atoms with E-state index in [4.69, 9.17) is 9.79 Å². The third kappa shape index (κ3) is 11.4. The maximum Gasteiger partial charge on any atom is 0.391 e. The van der Waals surface area contributed by atoms with Crippen LogP contribution < -0.4 is 25.2 Å². The number of thiophene rings is 1. The minimum absolute atomic E-state index is 0.0197. The number of hydrogen-bond donors (Lipinski definition) is 9. The number of sulfonamides is 1. The molecule has 304 valence electrons. The molecule has 1 atom stereocenters. The Kier molecular flexibility index (Phi) is 13.5. The molecule has 3 amide bonds. The van der Waals surface area contributed by atoms with Crippen LogP contribution >= 0.6 is 18.9 Å². The van der Waals surface area contributed by atoms with Crippen LogP contribution in [0.5, 0.6) is 28.7 Å². The van der Waals surface area contributed by atoms with E-state index in [0.29, 0.717) is 15.8 Å². The number of nitrogens with one attached hydrogen (secondary N) is 4. The second kappa shape index (κ2) is 18.3. The van der Waals surface area contributed by atoms with Crippen LogP contribution in [-0.2, 0) is 19.4 Å². The van der Waals surface area contributed by atoms with Crippen LogP contribution in [0.4, 0.5) is 10.1 Å². The molecule has 0 aliphatic rings. The summed E-state index contributed by atoms with van der Waals surface area (Å²) in [6.07, 6.45) is -1.06. The summed E-state index contributed by atoms with van der Waals surface area (Å²) in [5, 5.41) is 55.8. The molecule has 0 aliphatic carbocycles. The lowest BCUT2D eigenvalue weighted by Gasteiger charge is -2.22. The van der Waals surface area contributed by atoms with E-state index in [-0.39, 0.29) is 59.4 Å². The van der Waals surface area contributed by atoms with E-state index in [1.165, 1.54) is 30.3 Å². The molecule has 5 rings (SSSR count). The van der Waals surface area contributed by atoms with Gasteiger partial charge in [-0.05, 0) is 72.1 Å². The van der Waals surface area contributed by atoms with Gasteiger partial charge >= 0.3 is 7.60 Å². The Hall–Kier alpha value is -6.27. The van der Waals surface area contributed by atoms with Gasteiger partial charge in [-0.3, -0.25) is 19.3 Å². The number of rotatable bonds is 17. The van der Waals surface area contributed by atoms with Crippen molar-refractivity contribution in [3.05, 3.63) is 101 Å². The summed E-state index contributed by atoms with van der Waals surface area (Å²) in [5.74, 6) is -4.82. The summed E-state index contributed by atoms with van der Waals surface area (Å²) in [4.78, 5) is 50.3. The molecule has 0 radical (unpaired) electrons. The molecule has 58 heavy (non-hydrogen) atoms. The lowest BCUT2D eigenvalue weighted by atomic mass is 10.2. The molecular formula is C36H34FN6O12PS2. The van der Waals surface area contributed by atoms with E-state index in [1.807, 2.05) is 4.72 Å². The van der Waals surface area contributed by atoms with Gasteiger partial charge in [0.15, 0.2) is 23.0 Å². The van der Waals surface area contributed by atoms with Gasteiger partial charge in [0, 0.05) is 53.8 Å². The molecule has 0 fully saturated rings. The highest BCUT2D eigenvalue weighted by Crippen LogP contribution is 2.42. The van der Waals surface area contributed by atoms with Gasteiger partial charge < -0.3 is 45.8 Å². The molecular weight excluding hydrogens is 823 g/mol. The topological polar surface area (TPSA) is 288 Å². The fourth-order valence-electron chi connectivity index (χ4n) is 5.16. The fraction of sp³-hybridized carbons (Fsp3) is 0.167. The largest absolute Gasteiger partial charge is 0.504 e. The molecule has 1 heterocycles. The zero-order valence-corrected chi connectivity index (χ0v) is 32.4. The van der Waals surface area contributed by atoms with Gasteiger partial charge in [0.25, 0.3) is 21.8 Å². The second-order valence-corrected chi connectivity index (χ2v) is 17.2. The van der Waals surface area contributed by atoms with Crippen molar-refractivity contribution in [2.45, 2.75) is 4.21 Å². The average Bonchev–Trinajstić information content (AvgIpc) is 3.61. The highest BCUT2D eigenvalue weighted by Gasteiger charge is 2.27. The summed E-state index contributed by atoms with van der Waals surface area (Å²) in [6, 6.07) is 17.4. The van der Waals surface area contributed by atoms with Gasteiger partial charge in [0.2, 0.25) is 5.91 Å². The summed E-state index contributed by atoms with van der Waals surface area (Å²) in [7, 11) is -9.02. The molecule has 9 N–H and O–H groups in total. The first-order chi connectivity index (χ1) is 27.4. The SMILES string of the molecule is N#Cc1ccc(OP(=O)(O)CNS(=O)(=O)c2cc3ccc(NC(=O)CN(CCNC(=O)c4ccc(O)c(O)c4)CCNC(=O)c4ccc(O)c(O)c4)cc3s2)cc1F. The van der Waals surface area contributed by atoms with Gasteiger partial charge in [-0.15, -0.1) is 11.3 Å². The number of hydrogen-bond acceptors (Lipinski definition) is 14. The van der Waals surface area contributed by atoms with Crippen molar-refractivity contribution in [1.82, 2.24) is 20.3 Å². The monoisotopic (exact) mass is 856 g/mol. The molecule has 18 nitrogen and oxygen atoms in total. The van der Waals surface area contributed by atoms with Crippen LogP contribution in [0.3, 0.4) is 0 Å². The van der Waals surface area contributed by atoms with Crippen molar-refractivity contribution in [2.24, 2.45) is 0 Å². The van der Waals surface area contributed by atoms with Gasteiger partial charge in [0.1, 0.15) is 28.1 Å². The number of fused-ring (bicyclic) bond motifs is 1. The summed E-state index contributed by atoms with van der Waals surface area (Å²) in [6.45, 7) is 0.00863. The van der Waals surface area contributed by atoms with Crippen LogP contribution in [0.25, 0.3) is 10.1 Å². The Morgan fingerprint density at radius 1 is 0.828 bits per heavy atom. The third-order valence-corrected chi connectivity index (χ3v) is 12.3. The maximum atomic E-state index is 13.9. The number of phenols is 4. The van der Waals surface area contributed by atoms with E-state index >= 15 is 0 Å². The van der Waals surface area contributed by atoms with Crippen molar-refractivity contribution in [2.75, 3.05) is 44.3 Å². The molecule has 1 aromatic heterocycles.